The second-order valence-electron chi connectivity index (χ2n) is 3.89. The molecule has 18 heavy (non-hydrogen) atoms. The highest BCUT2D eigenvalue weighted by molar-refractivity contribution is 7.13. The lowest BCUT2D eigenvalue weighted by atomic mass is 10.2. The van der Waals surface area contributed by atoms with E-state index in [0.29, 0.717) is 12.2 Å². The summed E-state index contributed by atoms with van der Waals surface area (Å²) >= 11 is 1.49. The van der Waals surface area contributed by atoms with Gasteiger partial charge in [0.1, 0.15) is 0 Å². The summed E-state index contributed by atoms with van der Waals surface area (Å²) in [4.78, 5) is 16.8. The first kappa shape index (κ1) is 12.8. The molecule has 2 aromatic rings. The molecular weight excluding hydrogens is 252 g/mol. The lowest BCUT2D eigenvalue weighted by molar-refractivity contribution is 0.0930. The molecule has 0 aliphatic carbocycles. The first-order valence-electron chi connectivity index (χ1n) is 5.61. The van der Waals surface area contributed by atoms with E-state index < -0.39 is 0 Å². The third-order valence-corrected chi connectivity index (χ3v) is 3.34. The van der Waals surface area contributed by atoms with E-state index in [1.165, 1.54) is 17.7 Å². The van der Waals surface area contributed by atoms with E-state index in [0.717, 1.165) is 4.88 Å². The van der Waals surface area contributed by atoms with Crippen LogP contribution in [0.1, 0.15) is 23.8 Å². The minimum absolute atomic E-state index is 0.0397. The Balaban J connectivity index is 2.14. The summed E-state index contributed by atoms with van der Waals surface area (Å²) in [6, 6.07) is 3.66. The highest BCUT2D eigenvalue weighted by Crippen LogP contribution is 2.27. The smallest absolute Gasteiger partial charge is 0.274 e. The molecule has 2 N–H and O–H groups in total. The van der Waals surface area contributed by atoms with Crippen LogP contribution in [-0.2, 0) is 0 Å². The van der Waals surface area contributed by atoms with E-state index in [4.69, 9.17) is 9.52 Å². The maximum absolute atomic E-state index is 12.0. The molecule has 0 saturated carbocycles. The SMILES string of the molecule is CC(CCO)NC(=O)c1ncoc1-c1cccs1. The topological polar surface area (TPSA) is 75.4 Å². The fourth-order valence-corrected chi connectivity index (χ4v) is 2.26. The second-order valence-corrected chi connectivity index (χ2v) is 4.84. The Morgan fingerprint density at radius 2 is 2.50 bits per heavy atom. The number of amides is 1. The first-order valence-corrected chi connectivity index (χ1v) is 6.49. The Bertz CT molecular complexity index is 507. The average Bonchev–Trinajstić information content (AvgIpc) is 3.00. The number of aliphatic hydroxyl groups is 1. The molecule has 96 valence electrons. The number of aliphatic hydroxyl groups excluding tert-OH is 1. The minimum atomic E-state index is -0.284. The zero-order valence-electron chi connectivity index (χ0n) is 9.92. The van der Waals surface area contributed by atoms with Gasteiger partial charge in [0.2, 0.25) is 0 Å². The second kappa shape index (κ2) is 5.79. The predicted octanol–water partition coefficient (Wildman–Crippen LogP) is 1.90. The number of carbonyl (C=O) groups excluding carboxylic acids is 1. The molecule has 0 aromatic carbocycles. The van der Waals surface area contributed by atoms with Crippen LogP contribution in [-0.4, -0.2) is 28.6 Å². The monoisotopic (exact) mass is 266 g/mol. The zero-order chi connectivity index (χ0) is 13.0. The number of rotatable bonds is 5. The van der Waals surface area contributed by atoms with Gasteiger partial charge in [0.15, 0.2) is 17.8 Å². The maximum Gasteiger partial charge on any atom is 0.274 e. The number of carbonyl (C=O) groups is 1. The molecule has 0 aliphatic rings. The molecule has 0 spiro atoms. The van der Waals surface area contributed by atoms with E-state index in [2.05, 4.69) is 10.3 Å². The van der Waals surface area contributed by atoms with Crippen LogP contribution in [0.4, 0.5) is 0 Å². The zero-order valence-corrected chi connectivity index (χ0v) is 10.7. The highest BCUT2D eigenvalue weighted by Gasteiger charge is 2.19. The van der Waals surface area contributed by atoms with Crippen LogP contribution in [0.15, 0.2) is 28.3 Å². The summed E-state index contributed by atoms with van der Waals surface area (Å²) in [7, 11) is 0. The molecule has 1 unspecified atom stereocenters. The number of thiophene rings is 1. The number of hydrogen-bond donors (Lipinski definition) is 2. The number of nitrogens with one attached hydrogen (secondary N) is 1. The van der Waals surface area contributed by atoms with Crippen molar-refractivity contribution in [3.63, 3.8) is 0 Å². The van der Waals surface area contributed by atoms with Crippen LogP contribution in [0.25, 0.3) is 10.6 Å². The van der Waals surface area contributed by atoms with Crippen LogP contribution < -0.4 is 5.32 Å². The van der Waals surface area contributed by atoms with Gasteiger partial charge in [0, 0.05) is 12.6 Å². The maximum atomic E-state index is 12.0. The third kappa shape index (κ3) is 2.77. The van der Waals surface area contributed by atoms with Crippen LogP contribution in [0, 0.1) is 0 Å². The van der Waals surface area contributed by atoms with Gasteiger partial charge in [-0.3, -0.25) is 4.79 Å². The van der Waals surface area contributed by atoms with Crippen LogP contribution >= 0.6 is 11.3 Å². The van der Waals surface area contributed by atoms with Crippen LogP contribution in [0.2, 0.25) is 0 Å². The van der Waals surface area contributed by atoms with Crippen molar-refractivity contribution in [3.8, 4) is 10.6 Å². The number of nitrogens with zero attached hydrogens (tertiary/aromatic N) is 1. The van der Waals surface area contributed by atoms with Crippen molar-refractivity contribution in [2.24, 2.45) is 0 Å². The van der Waals surface area contributed by atoms with E-state index in [1.54, 1.807) is 0 Å². The molecule has 0 saturated heterocycles. The third-order valence-electron chi connectivity index (χ3n) is 2.47. The molecular formula is C12H14N2O3S. The van der Waals surface area contributed by atoms with Crippen LogP contribution in [0.5, 0.6) is 0 Å². The minimum Gasteiger partial charge on any atom is -0.442 e. The van der Waals surface area contributed by atoms with E-state index in [-0.39, 0.29) is 24.2 Å². The van der Waals surface area contributed by atoms with Gasteiger partial charge in [-0.1, -0.05) is 6.07 Å². The molecule has 0 fully saturated rings. The Morgan fingerprint density at radius 1 is 1.67 bits per heavy atom. The summed E-state index contributed by atoms with van der Waals surface area (Å²) in [5.74, 6) is 0.201. The summed E-state index contributed by atoms with van der Waals surface area (Å²) in [6.45, 7) is 1.87. The van der Waals surface area contributed by atoms with E-state index in [9.17, 15) is 4.79 Å². The van der Waals surface area contributed by atoms with Gasteiger partial charge in [0.05, 0.1) is 4.88 Å². The van der Waals surface area contributed by atoms with Crippen molar-refractivity contribution >= 4 is 17.2 Å². The number of aromatic nitrogens is 1. The van der Waals surface area contributed by atoms with Crippen molar-refractivity contribution in [1.29, 1.82) is 0 Å². The predicted molar refractivity (Wildman–Crippen MR) is 68.4 cm³/mol. The normalized spacial score (nSPS) is 12.3. The Hall–Kier alpha value is -1.66. The van der Waals surface area contributed by atoms with Crippen LogP contribution in [0.3, 0.4) is 0 Å². The number of oxazole rings is 1. The first-order chi connectivity index (χ1) is 8.72. The van der Waals surface area contributed by atoms with Crippen molar-refractivity contribution in [1.82, 2.24) is 10.3 Å². The van der Waals surface area contributed by atoms with Crippen molar-refractivity contribution in [2.45, 2.75) is 19.4 Å². The van der Waals surface area contributed by atoms with Gasteiger partial charge in [-0.25, -0.2) is 4.98 Å². The van der Waals surface area contributed by atoms with Gasteiger partial charge in [-0.2, -0.15) is 0 Å². The van der Waals surface area contributed by atoms with Gasteiger partial charge in [-0.15, -0.1) is 11.3 Å². The molecule has 2 rings (SSSR count). The average molecular weight is 266 g/mol. The molecule has 2 aromatic heterocycles. The summed E-state index contributed by atoms with van der Waals surface area (Å²) in [5, 5.41) is 13.5. The van der Waals surface area contributed by atoms with Crippen molar-refractivity contribution in [2.75, 3.05) is 6.61 Å². The lowest BCUT2D eigenvalue weighted by Gasteiger charge is -2.11. The molecule has 2 heterocycles. The standard InChI is InChI=1S/C12H14N2O3S/c1-8(4-5-15)14-12(16)10-11(17-7-13-10)9-3-2-6-18-9/h2-3,6-8,15H,4-5H2,1H3,(H,14,16). The highest BCUT2D eigenvalue weighted by atomic mass is 32.1. The molecule has 0 bridgehead atoms. The molecule has 5 nitrogen and oxygen atoms in total. The van der Waals surface area contributed by atoms with Crippen molar-refractivity contribution in [3.05, 3.63) is 29.6 Å². The van der Waals surface area contributed by atoms with E-state index >= 15 is 0 Å². The Morgan fingerprint density at radius 3 is 3.17 bits per heavy atom. The largest absolute Gasteiger partial charge is 0.442 e. The van der Waals surface area contributed by atoms with Gasteiger partial charge >= 0.3 is 0 Å². The lowest BCUT2D eigenvalue weighted by Crippen LogP contribution is -2.33. The van der Waals surface area contributed by atoms with E-state index in [1.807, 2.05) is 24.4 Å². The fourth-order valence-electron chi connectivity index (χ4n) is 1.55. The van der Waals surface area contributed by atoms with Crippen molar-refractivity contribution < 1.29 is 14.3 Å². The molecule has 1 amide bonds. The molecule has 1 atom stereocenters. The van der Waals surface area contributed by atoms with Gasteiger partial charge in [0.25, 0.3) is 5.91 Å². The Kier molecular flexibility index (Phi) is 4.11. The fraction of sp³-hybridized carbons (Fsp3) is 0.333. The van der Waals surface area contributed by atoms with Gasteiger partial charge in [-0.05, 0) is 24.8 Å². The number of hydrogen-bond acceptors (Lipinski definition) is 5. The Labute approximate surface area is 108 Å². The quantitative estimate of drug-likeness (QED) is 0.866. The van der Waals surface area contributed by atoms with Gasteiger partial charge < -0.3 is 14.8 Å². The summed E-state index contributed by atoms with van der Waals surface area (Å²) in [6.07, 6.45) is 1.78. The summed E-state index contributed by atoms with van der Waals surface area (Å²) in [5.41, 5.74) is 0.280. The molecule has 0 radical (unpaired) electrons. The summed E-state index contributed by atoms with van der Waals surface area (Å²) < 4.78 is 5.26. The molecule has 6 heteroatoms. The molecule has 0 aliphatic heterocycles.